The third-order valence-corrected chi connectivity index (χ3v) is 2.92. The van der Waals surface area contributed by atoms with Crippen molar-refractivity contribution < 1.29 is 13.2 Å². The summed E-state index contributed by atoms with van der Waals surface area (Å²) in [5.41, 5.74) is 7.01. The van der Waals surface area contributed by atoms with Crippen molar-refractivity contribution in [2.75, 3.05) is 6.54 Å². The number of halogens is 3. The molecule has 0 radical (unpaired) electrons. The Hall–Kier alpha value is -1.14. The fraction of sp³-hybridized carbons (Fsp3) is 0.583. The van der Waals surface area contributed by atoms with Crippen molar-refractivity contribution in [3.63, 3.8) is 0 Å². The van der Waals surface area contributed by atoms with E-state index in [0.29, 0.717) is 18.8 Å². The van der Waals surface area contributed by atoms with Crippen LogP contribution >= 0.6 is 0 Å². The SMILES string of the molecule is NCc1cc(CN(CC(F)(F)F)C2CC2)ccn1. The van der Waals surface area contributed by atoms with Gasteiger partial charge in [0.15, 0.2) is 0 Å². The molecule has 1 aliphatic carbocycles. The molecule has 0 saturated heterocycles. The van der Waals surface area contributed by atoms with Crippen molar-refractivity contribution in [1.29, 1.82) is 0 Å². The first-order chi connectivity index (χ1) is 8.48. The Morgan fingerprint density at radius 1 is 1.39 bits per heavy atom. The van der Waals surface area contributed by atoms with Gasteiger partial charge in [0.05, 0.1) is 12.2 Å². The van der Waals surface area contributed by atoms with Crippen molar-refractivity contribution in [1.82, 2.24) is 9.88 Å². The summed E-state index contributed by atoms with van der Waals surface area (Å²) in [4.78, 5) is 5.52. The van der Waals surface area contributed by atoms with Gasteiger partial charge in [-0.2, -0.15) is 13.2 Å². The highest BCUT2D eigenvalue weighted by Gasteiger charge is 2.37. The van der Waals surface area contributed by atoms with Crippen LogP contribution in [0.2, 0.25) is 0 Å². The lowest BCUT2D eigenvalue weighted by Gasteiger charge is -2.23. The molecule has 0 atom stereocenters. The molecule has 18 heavy (non-hydrogen) atoms. The molecule has 0 unspecified atom stereocenters. The second-order valence-corrected chi connectivity index (χ2v) is 4.61. The van der Waals surface area contributed by atoms with Gasteiger partial charge in [-0.3, -0.25) is 9.88 Å². The zero-order chi connectivity index (χ0) is 13.2. The number of aromatic nitrogens is 1. The van der Waals surface area contributed by atoms with Gasteiger partial charge in [0, 0.05) is 25.3 Å². The smallest absolute Gasteiger partial charge is 0.325 e. The molecule has 2 N–H and O–H groups in total. The van der Waals surface area contributed by atoms with Crippen molar-refractivity contribution >= 4 is 0 Å². The number of hydrogen-bond acceptors (Lipinski definition) is 3. The van der Waals surface area contributed by atoms with Crippen LogP contribution in [0.1, 0.15) is 24.1 Å². The topological polar surface area (TPSA) is 42.1 Å². The second kappa shape index (κ2) is 5.24. The van der Waals surface area contributed by atoms with Gasteiger partial charge in [-0.25, -0.2) is 0 Å². The highest BCUT2D eigenvalue weighted by atomic mass is 19.4. The largest absolute Gasteiger partial charge is 0.401 e. The molecule has 2 rings (SSSR count). The average molecular weight is 259 g/mol. The Morgan fingerprint density at radius 2 is 2.11 bits per heavy atom. The maximum atomic E-state index is 12.5. The van der Waals surface area contributed by atoms with Gasteiger partial charge in [0.1, 0.15) is 0 Å². The van der Waals surface area contributed by atoms with Crippen molar-refractivity contribution in [2.24, 2.45) is 5.73 Å². The quantitative estimate of drug-likeness (QED) is 0.880. The Bertz CT molecular complexity index is 402. The van der Waals surface area contributed by atoms with Crippen molar-refractivity contribution in [2.45, 2.75) is 38.1 Å². The molecule has 0 spiro atoms. The molecule has 6 heteroatoms. The van der Waals surface area contributed by atoms with Gasteiger partial charge in [-0.1, -0.05) is 0 Å². The predicted molar refractivity (Wildman–Crippen MR) is 61.6 cm³/mol. The molecule has 1 heterocycles. The number of nitrogens with zero attached hydrogens (tertiary/aromatic N) is 2. The lowest BCUT2D eigenvalue weighted by atomic mass is 10.2. The highest BCUT2D eigenvalue weighted by Crippen LogP contribution is 2.31. The van der Waals surface area contributed by atoms with Crippen LogP contribution in [0.3, 0.4) is 0 Å². The van der Waals surface area contributed by atoms with Crippen LogP contribution in [0.15, 0.2) is 18.3 Å². The normalized spacial score (nSPS) is 16.3. The van der Waals surface area contributed by atoms with Crippen molar-refractivity contribution in [3.8, 4) is 0 Å². The summed E-state index contributed by atoms with van der Waals surface area (Å²) >= 11 is 0. The van der Waals surface area contributed by atoms with Gasteiger partial charge >= 0.3 is 6.18 Å². The first-order valence-corrected chi connectivity index (χ1v) is 5.92. The van der Waals surface area contributed by atoms with E-state index in [0.717, 1.165) is 18.4 Å². The summed E-state index contributed by atoms with van der Waals surface area (Å²) in [5, 5.41) is 0. The molecule has 1 aliphatic rings. The standard InChI is InChI=1S/C12H16F3N3/c13-12(14,15)8-18(11-1-2-11)7-9-3-4-17-10(5-9)6-16/h3-5,11H,1-2,6-8,16H2. The number of alkyl halides is 3. The third kappa shape index (κ3) is 3.96. The number of pyridine rings is 1. The predicted octanol–water partition coefficient (Wildman–Crippen LogP) is 2.07. The lowest BCUT2D eigenvalue weighted by Crippen LogP contribution is -2.35. The Kier molecular flexibility index (Phi) is 3.87. The molecule has 0 aliphatic heterocycles. The fourth-order valence-corrected chi connectivity index (χ4v) is 1.96. The molecule has 1 aromatic heterocycles. The van der Waals surface area contributed by atoms with E-state index >= 15 is 0 Å². The first-order valence-electron chi connectivity index (χ1n) is 5.92. The third-order valence-electron chi connectivity index (χ3n) is 2.92. The minimum Gasteiger partial charge on any atom is -0.325 e. The molecular formula is C12H16F3N3. The van der Waals surface area contributed by atoms with Crippen LogP contribution < -0.4 is 5.73 Å². The molecule has 0 bridgehead atoms. The van der Waals surface area contributed by atoms with E-state index in [1.165, 1.54) is 4.90 Å². The van der Waals surface area contributed by atoms with Gasteiger partial charge in [-0.05, 0) is 30.5 Å². The van der Waals surface area contributed by atoms with Gasteiger partial charge in [0.2, 0.25) is 0 Å². The molecular weight excluding hydrogens is 243 g/mol. The lowest BCUT2D eigenvalue weighted by molar-refractivity contribution is -0.148. The summed E-state index contributed by atoms with van der Waals surface area (Å²) in [6.45, 7) is -0.242. The zero-order valence-electron chi connectivity index (χ0n) is 9.95. The van der Waals surface area contributed by atoms with E-state index in [1.807, 2.05) is 0 Å². The molecule has 3 nitrogen and oxygen atoms in total. The van der Waals surface area contributed by atoms with E-state index < -0.39 is 12.7 Å². The maximum Gasteiger partial charge on any atom is 0.401 e. The van der Waals surface area contributed by atoms with Gasteiger partial charge < -0.3 is 5.73 Å². The minimum atomic E-state index is -4.15. The maximum absolute atomic E-state index is 12.5. The molecule has 1 aromatic rings. The number of hydrogen-bond donors (Lipinski definition) is 1. The monoisotopic (exact) mass is 259 g/mol. The molecule has 0 amide bonds. The summed E-state index contributed by atoms with van der Waals surface area (Å²) in [6, 6.07) is 3.58. The summed E-state index contributed by atoms with van der Waals surface area (Å²) in [5.74, 6) is 0. The van der Waals surface area contributed by atoms with Crippen LogP contribution in [-0.2, 0) is 13.1 Å². The zero-order valence-corrected chi connectivity index (χ0v) is 9.95. The van der Waals surface area contributed by atoms with Gasteiger partial charge in [0.25, 0.3) is 0 Å². The Morgan fingerprint density at radius 3 is 2.67 bits per heavy atom. The molecule has 1 saturated carbocycles. The molecule has 100 valence electrons. The van der Waals surface area contributed by atoms with Crippen molar-refractivity contribution in [3.05, 3.63) is 29.6 Å². The van der Waals surface area contributed by atoms with Crippen LogP contribution in [0, 0.1) is 0 Å². The summed E-state index contributed by atoms with van der Waals surface area (Å²) < 4.78 is 37.4. The minimum absolute atomic E-state index is 0.0705. The van der Waals surface area contributed by atoms with E-state index in [9.17, 15) is 13.2 Å². The van der Waals surface area contributed by atoms with E-state index in [2.05, 4.69) is 4.98 Å². The summed E-state index contributed by atoms with van der Waals surface area (Å²) in [6.07, 6.45) is -0.849. The van der Waals surface area contributed by atoms with E-state index in [4.69, 9.17) is 5.73 Å². The molecule has 0 aromatic carbocycles. The van der Waals surface area contributed by atoms with Gasteiger partial charge in [-0.15, -0.1) is 0 Å². The second-order valence-electron chi connectivity index (χ2n) is 4.61. The van der Waals surface area contributed by atoms with E-state index in [1.54, 1.807) is 18.3 Å². The van der Waals surface area contributed by atoms with E-state index in [-0.39, 0.29) is 6.04 Å². The van der Waals surface area contributed by atoms with Crippen LogP contribution in [-0.4, -0.2) is 28.6 Å². The van der Waals surface area contributed by atoms with Crippen LogP contribution in [0.4, 0.5) is 13.2 Å². The fourth-order valence-electron chi connectivity index (χ4n) is 1.96. The first kappa shape index (κ1) is 13.3. The van der Waals surface area contributed by atoms with Crippen LogP contribution in [0.5, 0.6) is 0 Å². The van der Waals surface area contributed by atoms with Crippen LogP contribution in [0.25, 0.3) is 0 Å². The average Bonchev–Trinajstić information content (AvgIpc) is 3.10. The number of rotatable bonds is 5. The Balaban J connectivity index is 2.03. The molecule has 1 fully saturated rings. The Labute approximate surface area is 104 Å². The summed E-state index contributed by atoms with van der Waals surface area (Å²) in [7, 11) is 0. The highest BCUT2D eigenvalue weighted by molar-refractivity contribution is 5.16. The number of nitrogens with two attached hydrogens (primary N) is 1.